The van der Waals surface area contributed by atoms with E-state index in [-0.39, 0.29) is 72.8 Å². The summed E-state index contributed by atoms with van der Waals surface area (Å²) in [5.41, 5.74) is 0. The third-order valence-electron chi connectivity index (χ3n) is 0. The van der Waals surface area contributed by atoms with Crippen LogP contribution in [0.5, 0.6) is 0 Å². The maximum absolute atomic E-state index is 0. The summed E-state index contributed by atoms with van der Waals surface area (Å²) < 4.78 is 0. The molecule has 0 aliphatic rings. The molecular formula is BrCl3V-2. The van der Waals surface area contributed by atoms with Crippen LogP contribution in [0, 0.1) is 0 Å². The smallest absolute Gasteiger partial charge is 1.00 e. The van der Waals surface area contributed by atoms with E-state index in [9.17, 15) is 0 Å². The molecule has 0 spiro atoms. The maximum atomic E-state index is 0. The minimum atomic E-state index is 0. The minimum absolute atomic E-state index is 0. The first-order valence-electron chi connectivity index (χ1n) is 0. The van der Waals surface area contributed by atoms with Crippen molar-refractivity contribution in [2.75, 3.05) is 0 Å². The Balaban J connectivity index is 0. The van der Waals surface area contributed by atoms with Crippen LogP contribution in [0.15, 0.2) is 0 Å². The Morgan fingerprint density at radius 1 is 0.600 bits per heavy atom. The molecule has 0 bridgehead atoms. The normalized spacial score (nSPS) is 0. The Morgan fingerprint density at radius 2 is 0.600 bits per heavy atom. The molecule has 0 fully saturated rings. The summed E-state index contributed by atoms with van der Waals surface area (Å²) in [5, 5.41) is 0. The van der Waals surface area contributed by atoms with Crippen molar-refractivity contribution in [3.05, 3.63) is 0 Å². The van der Waals surface area contributed by atoms with Gasteiger partial charge < -0.3 is 54.2 Å². The van der Waals surface area contributed by atoms with E-state index in [1.54, 1.807) is 0 Å². The van der Waals surface area contributed by atoms with Gasteiger partial charge in [0, 0.05) is 0 Å². The van der Waals surface area contributed by atoms with Gasteiger partial charge in [0.25, 0.3) is 0 Å². The van der Waals surface area contributed by atoms with Crippen molar-refractivity contribution < 1.29 is 72.8 Å². The molecule has 0 unspecified atom stereocenters. The molecule has 5 heteroatoms. The van der Waals surface area contributed by atoms with Gasteiger partial charge >= 0.3 is 18.6 Å². The number of rotatable bonds is 0. The van der Waals surface area contributed by atoms with E-state index in [0.29, 0.717) is 0 Å². The Kier molecular flexibility index (Phi) is 504. The van der Waals surface area contributed by atoms with Crippen molar-refractivity contribution >= 4 is 0 Å². The van der Waals surface area contributed by atoms with E-state index in [4.69, 9.17) is 0 Å². The van der Waals surface area contributed by atoms with Crippen LogP contribution in [0.3, 0.4) is 0 Å². The third-order valence-corrected chi connectivity index (χ3v) is 0. The molecule has 0 aromatic heterocycles. The zero-order valence-electron chi connectivity index (χ0n) is 1.96. The summed E-state index contributed by atoms with van der Waals surface area (Å²) in [5.74, 6) is 0. The number of halogens is 4. The van der Waals surface area contributed by atoms with Gasteiger partial charge in [-0.05, 0) is 0 Å². The zero-order valence-corrected chi connectivity index (χ0v) is 7.21. The second-order valence-corrected chi connectivity index (χ2v) is 0. The molecule has 1 radical (unpaired) electrons. The van der Waals surface area contributed by atoms with E-state index < -0.39 is 0 Å². The zero-order chi connectivity index (χ0) is 0. The van der Waals surface area contributed by atoms with Crippen LogP contribution >= 0.6 is 0 Å². The molecule has 35 valence electrons. The molecule has 0 saturated heterocycles. The predicted molar refractivity (Wildman–Crippen MR) is 0 cm³/mol. The quantitative estimate of drug-likeness (QED) is 0.392. The molecule has 0 aromatic carbocycles. The van der Waals surface area contributed by atoms with Gasteiger partial charge in [-0.15, -0.1) is 0 Å². The minimum Gasteiger partial charge on any atom is -1.00 e. The first-order chi connectivity index (χ1) is 0. The topological polar surface area (TPSA) is 0 Å². The van der Waals surface area contributed by atoms with Crippen molar-refractivity contribution in [3.8, 4) is 0 Å². The van der Waals surface area contributed by atoms with Crippen molar-refractivity contribution in [1.82, 2.24) is 0 Å². The Bertz CT molecular complexity index is 6.85. The summed E-state index contributed by atoms with van der Waals surface area (Å²) in [7, 11) is 0. The maximum Gasteiger partial charge on any atom is 2.00 e. The molecule has 0 amide bonds. The summed E-state index contributed by atoms with van der Waals surface area (Å²) in [6, 6.07) is 0. The summed E-state index contributed by atoms with van der Waals surface area (Å²) >= 11 is 0. The van der Waals surface area contributed by atoms with E-state index in [2.05, 4.69) is 0 Å². The van der Waals surface area contributed by atoms with Gasteiger partial charge in [0.1, 0.15) is 0 Å². The molecule has 0 aliphatic carbocycles. The fourth-order valence-corrected chi connectivity index (χ4v) is 0. The molecule has 0 saturated carbocycles. The molecule has 0 atom stereocenters. The average Bonchev–Trinajstić information content (AvgIpc) is 0. The fourth-order valence-electron chi connectivity index (χ4n) is 0. The largest absolute Gasteiger partial charge is 2.00 e. The van der Waals surface area contributed by atoms with Crippen LogP contribution in [-0.4, -0.2) is 0 Å². The van der Waals surface area contributed by atoms with E-state index in [1.165, 1.54) is 0 Å². The second-order valence-electron chi connectivity index (χ2n) is 0. The molecule has 0 rings (SSSR count). The molecule has 0 N–H and O–H groups in total. The van der Waals surface area contributed by atoms with Gasteiger partial charge in [0.2, 0.25) is 0 Å². The Labute approximate surface area is 72.3 Å². The van der Waals surface area contributed by atoms with Gasteiger partial charge in [-0.3, -0.25) is 0 Å². The SMILES string of the molecule is [Br-].[Cl-].[Cl-].[Cl-].[V+2]. The first kappa shape index (κ1) is 65.3. The Morgan fingerprint density at radius 3 is 0.600 bits per heavy atom. The first-order valence-corrected chi connectivity index (χ1v) is 0. The number of hydrogen-bond acceptors (Lipinski definition) is 0. The summed E-state index contributed by atoms with van der Waals surface area (Å²) in [4.78, 5) is 0. The van der Waals surface area contributed by atoms with Gasteiger partial charge in [-0.25, -0.2) is 0 Å². The van der Waals surface area contributed by atoms with Crippen LogP contribution in [0.25, 0.3) is 0 Å². The van der Waals surface area contributed by atoms with Crippen LogP contribution in [0.4, 0.5) is 0 Å². The van der Waals surface area contributed by atoms with Crippen LogP contribution < -0.4 is 54.2 Å². The summed E-state index contributed by atoms with van der Waals surface area (Å²) in [6.07, 6.45) is 0. The molecule has 0 aliphatic heterocycles. The van der Waals surface area contributed by atoms with Crippen molar-refractivity contribution in [1.29, 1.82) is 0 Å². The number of hydrogen-bond donors (Lipinski definition) is 0. The van der Waals surface area contributed by atoms with Gasteiger partial charge in [0.05, 0.1) is 0 Å². The van der Waals surface area contributed by atoms with E-state index in [1.807, 2.05) is 0 Å². The molecule has 0 nitrogen and oxygen atoms in total. The Hall–Kier alpha value is 1.93. The van der Waals surface area contributed by atoms with Gasteiger partial charge in [-0.1, -0.05) is 0 Å². The standard InChI is InChI=1S/BrH.3ClH.V/h4*1H;/q;;;;+2/p-4. The van der Waals surface area contributed by atoms with E-state index in [0.717, 1.165) is 0 Å². The van der Waals surface area contributed by atoms with Crippen LogP contribution in [-0.2, 0) is 18.6 Å². The van der Waals surface area contributed by atoms with Gasteiger partial charge in [0.15, 0.2) is 0 Å². The molecule has 0 aromatic rings. The molecule has 0 heterocycles. The van der Waals surface area contributed by atoms with E-state index >= 15 is 0 Å². The monoisotopic (exact) mass is 235 g/mol. The average molecular weight is 237 g/mol. The molecule has 5 heavy (non-hydrogen) atoms. The predicted octanol–water partition coefficient (Wildman–Crippen LogP) is -12.0. The summed E-state index contributed by atoms with van der Waals surface area (Å²) in [6.45, 7) is 0. The third kappa shape index (κ3) is 24.5. The van der Waals surface area contributed by atoms with Crippen molar-refractivity contribution in [3.63, 3.8) is 0 Å². The van der Waals surface area contributed by atoms with Crippen LogP contribution in [0.2, 0.25) is 0 Å². The fraction of sp³-hybridized carbons (Fsp3) is 0. The second kappa shape index (κ2) is 38.6. The molecular weight excluding hydrogens is 237 g/mol. The van der Waals surface area contributed by atoms with Crippen molar-refractivity contribution in [2.24, 2.45) is 0 Å². The van der Waals surface area contributed by atoms with Gasteiger partial charge in [-0.2, -0.15) is 0 Å². The van der Waals surface area contributed by atoms with Crippen molar-refractivity contribution in [2.45, 2.75) is 0 Å². The van der Waals surface area contributed by atoms with Crippen LogP contribution in [0.1, 0.15) is 0 Å².